The maximum atomic E-state index is 3.51. The first-order chi connectivity index (χ1) is 7.90. The number of hydrogen-bond acceptors (Lipinski definition) is 1. The summed E-state index contributed by atoms with van der Waals surface area (Å²) in [6.45, 7) is 4.16. The van der Waals surface area contributed by atoms with E-state index in [0.717, 1.165) is 11.8 Å². The van der Waals surface area contributed by atoms with Crippen LogP contribution < -0.4 is 0 Å². The van der Waals surface area contributed by atoms with Gasteiger partial charge >= 0.3 is 0 Å². The molecule has 0 aromatic heterocycles. The van der Waals surface area contributed by atoms with E-state index in [1.54, 1.807) is 0 Å². The Hall–Kier alpha value is 0.440. The molecule has 0 N–H and O–H groups in total. The van der Waals surface area contributed by atoms with Gasteiger partial charge in [0.05, 0.1) is 0 Å². The molecule has 16 heavy (non-hydrogen) atoms. The predicted octanol–water partition coefficient (Wildman–Crippen LogP) is 4.06. The van der Waals surface area contributed by atoms with Gasteiger partial charge in [-0.3, -0.25) is 0 Å². The molecule has 1 aliphatic heterocycles. The second kappa shape index (κ2) is 7.00. The maximum Gasteiger partial charge on any atom is 0.00313 e. The number of alkyl halides is 1. The Morgan fingerprint density at radius 1 is 0.938 bits per heavy atom. The summed E-state index contributed by atoms with van der Waals surface area (Å²) in [5, 5.41) is 1.18. The smallest absolute Gasteiger partial charge is 0.00313 e. The Labute approximate surface area is 109 Å². The zero-order valence-electron chi connectivity index (χ0n) is 10.5. The number of halogens is 1. The lowest BCUT2D eigenvalue weighted by Gasteiger charge is -2.41. The normalized spacial score (nSPS) is 31.3. The first-order valence-electron chi connectivity index (χ1n) is 7.18. The Morgan fingerprint density at radius 3 is 2.56 bits per heavy atom. The molecule has 0 amide bonds. The van der Waals surface area contributed by atoms with Gasteiger partial charge in [0.15, 0.2) is 0 Å². The number of nitrogens with zero attached hydrogens (tertiary/aromatic N) is 1. The second-order valence-electron chi connectivity index (χ2n) is 5.64. The average molecular weight is 288 g/mol. The molecule has 1 saturated carbocycles. The van der Waals surface area contributed by atoms with Crippen molar-refractivity contribution in [2.45, 2.75) is 51.4 Å². The molecule has 1 heterocycles. The van der Waals surface area contributed by atoms with Crippen molar-refractivity contribution in [1.29, 1.82) is 0 Å². The largest absolute Gasteiger partial charge is 0.303 e. The van der Waals surface area contributed by atoms with Crippen LogP contribution in [0.4, 0.5) is 0 Å². The van der Waals surface area contributed by atoms with Crippen LogP contribution in [-0.4, -0.2) is 29.9 Å². The van der Waals surface area contributed by atoms with E-state index in [2.05, 4.69) is 20.8 Å². The summed E-state index contributed by atoms with van der Waals surface area (Å²) in [4.78, 5) is 2.74. The topological polar surface area (TPSA) is 3.24 Å². The molecule has 1 aliphatic carbocycles. The molecule has 2 atom stereocenters. The monoisotopic (exact) mass is 287 g/mol. The third kappa shape index (κ3) is 3.73. The van der Waals surface area contributed by atoms with Crippen molar-refractivity contribution in [2.24, 2.45) is 11.8 Å². The molecule has 0 aromatic rings. The van der Waals surface area contributed by atoms with Gasteiger partial charge in [0, 0.05) is 11.9 Å². The number of fused-ring (bicyclic) bond motifs is 1. The molecule has 2 unspecified atom stereocenters. The first kappa shape index (κ1) is 12.9. The lowest BCUT2D eigenvalue weighted by molar-refractivity contribution is 0.0858. The summed E-state index contributed by atoms with van der Waals surface area (Å²) in [6.07, 6.45) is 11.7. The zero-order valence-corrected chi connectivity index (χ0v) is 12.1. The van der Waals surface area contributed by atoms with E-state index in [4.69, 9.17) is 0 Å². The van der Waals surface area contributed by atoms with Crippen molar-refractivity contribution in [3.63, 3.8) is 0 Å². The summed E-state index contributed by atoms with van der Waals surface area (Å²) in [5.74, 6) is 2.14. The van der Waals surface area contributed by atoms with Gasteiger partial charge in [-0.25, -0.2) is 0 Å². The van der Waals surface area contributed by atoms with E-state index in [0.29, 0.717) is 0 Å². The Morgan fingerprint density at radius 2 is 1.75 bits per heavy atom. The molecule has 0 aromatic carbocycles. The van der Waals surface area contributed by atoms with Crippen molar-refractivity contribution >= 4 is 15.9 Å². The van der Waals surface area contributed by atoms with Crippen LogP contribution in [0.5, 0.6) is 0 Å². The molecule has 2 aliphatic rings. The number of hydrogen-bond donors (Lipinski definition) is 0. The van der Waals surface area contributed by atoms with Gasteiger partial charge in [0.25, 0.3) is 0 Å². The molecular formula is C14H26BrN. The minimum Gasteiger partial charge on any atom is -0.303 e. The van der Waals surface area contributed by atoms with Crippen LogP contribution in [0.25, 0.3) is 0 Å². The molecule has 0 spiro atoms. The third-order valence-corrected chi connectivity index (χ3v) is 5.04. The highest BCUT2D eigenvalue weighted by Gasteiger charge is 2.30. The summed E-state index contributed by atoms with van der Waals surface area (Å²) < 4.78 is 0. The summed E-state index contributed by atoms with van der Waals surface area (Å²) in [5.41, 5.74) is 0. The van der Waals surface area contributed by atoms with Gasteiger partial charge in [0.2, 0.25) is 0 Å². The van der Waals surface area contributed by atoms with Crippen molar-refractivity contribution < 1.29 is 0 Å². The molecule has 1 nitrogen and oxygen atoms in total. The van der Waals surface area contributed by atoms with Gasteiger partial charge in [-0.05, 0) is 50.6 Å². The lowest BCUT2D eigenvalue weighted by atomic mass is 9.75. The highest BCUT2D eigenvalue weighted by atomic mass is 79.9. The molecule has 0 bridgehead atoms. The molecule has 1 saturated heterocycles. The summed E-state index contributed by atoms with van der Waals surface area (Å²) in [7, 11) is 0. The number of rotatable bonds is 5. The summed E-state index contributed by atoms with van der Waals surface area (Å²) >= 11 is 3.51. The van der Waals surface area contributed by atoms with Gasteiger partial charge in [-0.2, -0.15) is 0 Å². The van der Waals surface area contributed by atoms with Crippen LogP contribution in [0, 0.1) is 11.8 Å². The Bertz CT molecular complexity index is 195. The average Bonchev–Trinajstić information content (AvgIpc) is 2.34. The number of likely N-dealkylation sites (tertiary alicyclic amines) is 1. The lowest BCUT2D eigenvalue weighted by Crippen LogP contribution is -2.42. The van der Waals surface area contributed by atoms with Crippen LogP contribution in [0.3, 0.4) is 0 Å². The van der Waals surface area contributed by atoms with E-state index in [1.807, 2.05) is 0 Å². The van der Waals surface area contributed by atoms with Crippen LogP contribution in [0.15, 0.2) is 0 Å². The van der Waals surface area contributed by atoms with Crippen molar-refractivity contribution in [3.05, 3.63) is 0 Å². The van der Waals surface area contributed by atoms with E-state index in [-0.39, 0.29) is 0 Å². The van der Waals surface area contributed by atoms with Gasteiger partial charge < -0.3 is 4.90 Å². The van der Waals surface area contributed by atoms with E-state index < -0.39 is 0 Å². The highest BCUT2D eigenvalue weighted by Crippen LogP contribution is 2.35. The maximum absolute atomic E-state index is 3.51. The van der Waals surface area contributed by atoms with E-state index >= 15 is 0 Å². The third-order valence-electron chi connectivity index (χ3n) is 4.48. The highest BCUT2D eigenvalue weighted by molar-refractivity contribution is 9.09. The molecule has 94 valence electrons. The Kier molecular flexibility index (Phi) is 5.64. The second-order valence-corrected chi connectivity index (χ2v) is 6.44. The fraction of sp³-hybridized carbons (Fsp3) is 1.00. The van der Waals surface area contributed by atoms with Crippen LogP contribution in [0.2, 0.25) is 0 Å². The van der Waals surface area contributed by atoms with Gasteiger partial charge in [0.1, 0.15) is 0 Å². The fourth-order valence-electron chi connectivity index (χ4n) is 3.49. The van der Waals surface area contributed by atoms with Crippen LogP contribution in [-0.2, 0) is 0 Å². The van der Waals surface area contributed by atoms with Crippen LogP contribution >= 0.6 is 15.9 Å². The predicted molar refractivity (Wildman–Crippen MR) is 74.2 cm³/mol. The van der Waals surface area contributed by atoms with Crippen molar-refractivity contribution in [3.8, 4) is 0 Å². The standard InChI is InChI=1S/C14H26BrN/c15-9-4-1-5-10-16-11-8-13-6-2-3-7-14(13)12-16/h13-14H,1-12H2. The first-order valence-corrected chi connectivity index (χ1v) is 8.30. The SMILES string of the molecule is BrCCCCCN1CCC2CCCCC2C1. The molecule has 2 heteroatoms. The van der Waals surface area contributed by atoms with E-state index in [9.17, 15) is 0 Å². The van der Waals surface area contributed by atoms with E-state index in [1.165, 1.54) is 76.3 Å². The fourth-order valence-corrected chi connectivity index (χ4v) is 3.88. The van der Waals surface area contributed by atoms with Crippen molar-refractivity contribution in [2.75, 3.05) is 25.0 Å². The molecule has 2 rings (SSSR count). The minimum absolute atomic E-state index is 1.05. The molecule has 0 radical (unpaired) electrons. The zero-order chi connectivity index (χ0) is 11.2. The number of unbranched alkanes of at least 4 members (excludes halogenated alkanes) is 2. The van der Waals surface area contributed by atoms with Gasteiger partial charge in [-0.1, -0.05) is 41.6 Å². The summed E-state index contributed by atoms with van der Waals surface area (Å²) in [6, 6.07) is 0. The molecule has 2 fully saturated rings. The Balaban J connectivity index is 1.65. The quantitative estimate of drug-likeness (QED) is 0.544. The van der Waals surface area contributed by atoms with Crippen molar-refractivity contribution in [1.82, 2.24) is 4.90 Å². The number of piperidine rings is 1. The molecular weight excluding hydrogens is 262 g/mol. The van der Waals surface area contributed by atoms with Crippen LogP contribution in [0.1, 0.15) is 51.4 Å². The minimum atomic E-state index is 1.05. The van der Waals surface area contributed by atoms with Gasteiger partial charge in [-0.15, -0.1) is 0 Å².